The number of nitrogens with one attached hydrogen (secondary N) is 2. The average molecular weight is 671 g/mol. The molecule has 2 amide bonds. The zero-order valence-electron chi connectivity index (χ0n) is 27.2. The molecule has 0 saturated heterocycles. The second-order valence-electron chi connectivity index (χ2n) is 12.3. The first-order valence-electron chi connectivity index (χ1n) is 16.2. The summed E-state index contributed by atoms with van der Waals surface area (Å²) >= 11 is 0. The number of rotatable bonds is 8. The number of aryl methyl sites for hydroxylation is 2. The van der Waals surface area contributed by atoms with Gasteiger partial charge in [0.2, 0.25) is 0 Å². The first-order chi connectivity index (χ1) is 24.3. The highest BCUT2D eigenvalue weighted by molar-refractivity contribution is 6.08. The summed E-state index contributed by atoms with van der Waals surface area (Å²) in [7, 11) is 0. The Kier molecular flexibility index (Phi) is 7.74. The molecule has 0 bridgehead atoms. The van der Waals surface area contributed by atoms with E-state index < -0.39 is 0 Å². The molecular weight excluding hydrogens is 639 g/mol. The average Bonchev–Trinajstić information content (AvgIpc) is 3.93. The maximum Gasteiger partial charge on any atom is 0.287 e. The van der Waals surface area contributed by atoms with Crippen LogP contribution in [-0.2, 0) is 13.0 Å². The zero-order chi connectivity index (χ0) is 34.4. The summed E-state index contributed by atoms with van der Waals surface area (Å²) in [6.45, 7) is 4.06. The zero-order valence-corrected chi connectivity index (χ0v) is 27.2. The van der Waals surface area contributed by atoms with Gasteiger partial charge in [-0.25, -0.2) is 23.3 Å². The Labute approximate surface area is 284 Å². The van der Waals surface area contributed by atoms with E-state index in [1.54, 1.807) is 68.7 Å². The molecule has 5 aromatic heterocycles. The first-order valence-corrected chi connectivity index (χ1v) is 16.2. The number of para-hydroxylation sites is 1. The fourth-order valence-electron chi connectivity index (χ4n) is 6.37. The highest BCUT2D eigenvalue weighted by atomic mass is 19.1. The molecule has 0 spiro atoms. The SMILES string of the molecule is Cc1cc(C)n2ncc(C(=O)Nc3ccc(-c4cn(Cc5ccc(C(=O)NC6CCCc7c6cnn7-c6ccccc6F)o5)nn4)cc3)c2n1. The number of nitrogens with zero attached hydrogens (tertiary/aromatic N) is 8. The Morgan fingerprint density at radius 1 is 1.00 bits per heavy atom. The molecule has 0 fully saturated rings. The number of aromatic nitrogens is 8. The summed E-state index contributed by atoms with van der Waals surface area (Å²) in [6, 6.07) is 18.8. The van der Waals surface area contributed by atoms with Crippen LogP contribution in [0.3, 0.4) is 0 Å². The molecule has 250 valence electrons. The highest BCUT2D eigenvalue weighted by Gasteiger charge is 2.28. The summed E-state index contributed by atoms with van der Waals surface area (Å²) in [5, 5.41) is 23.2. The van der Waals surface area contributed by atoms with Gasteiger partial charge in [0.25, 0.3) is 11.8 Å². The van der Waals surface area contributed by atoms with Crippen LogP contribution in [0.2, 0.25) is 0 Å². The van der Waals surface area contributed by atoms with Gasteiger partial charge in [-0.1, -0.05) is 29.5 Å². The third kappa shape index (κ3) is 5.80. The summed E-state index contributed by atoms with van der Waals surface area (Å²) < 4.78 is 25.3. The molecule has 2 aromatic carbocycles. The number of amides is 2. The number of anilines is 1. The molecule has 0 aliphatic heterocycles. The van der Waals surface area contributed by atoms with E-state index in [1.807, 2.05) is 32.0 Å². The van der Waals surface area contributed by atoms with Crippen molar-refractivity contribution in [1.82, 2.24) is 44.7 Å². The Morgan fingerprint density at radius 2 is 1.84 bits per heavy atom. The van der Waals surface area contributed by atoms with E-state index in [4.69, 9.17) is 4.42 Å². The van der Waals surface area contributed by atoms with E-state index in [2.05, 4.69) is 36.1 Å². The molecule has 1 atom stereocenters. The van der Waals surface area contributed by atoms with Gasteiger partial charge >= 0.3 is 0 Å². The van der Waals surface area contributed by atoms with E-state index in [1.165, 1.54) is 12.3 Å². The van der Waals surface area contributed by atoms with Crippen molar-refractivity contribution in [3.8, 4) is 16.9 Å². The van der Waals surface area contributed by atoms with Gasteiger partial charge in [0.1, 0.15) is 35.1 Å². The summed E-state index contributed by atoms with van der Waals surface area (Å²) in [6.07, 6.45) is 7.30. The van der Waals surface area contributed by atoms with Gasteiger partial charge in [-0.2, -0.15) is 10.2 Å². The Hall–Kier alpha value is -6.44. The topological polar surface area (TPSA) is 150 Å². The quantitative estimate of drug-likeness (QED) is 0.211. The smallest absolute Gasteiger partial charge is 0.287 e. The van der Waals surface area contributed by atoms with Crippen LogP contribution in [0.25, 0.3) is 22.6 Å². The van der Waals surface area contributed by atoms with Crippen molar-refractivity contribution < 1.29 is 18.4 Å². The molecule has 2 N–H and O–H groups in total. The first kappa shape index (κ1) is 30.9. The van der Waals surface area contributed by atoms with Crippen molar-refractivity contribution in [3.63, 3.8) is 0 Å². The lowest BCUT2D eigenvalue weighted by Gasteiger charge is -2.24. The van der Waals surface area contributed by atoms with Crippen LogP contribution in [0.5, 0.6) is 0 Å². The Bertz CT molecular complexity index is 2390. The second kappa shape index (κ2) is 12.5. The van der Waals surface area contributed by atoms with E-state index >= 15 is 0 Å². The third-order valence-corrected chi connectivity index (χ3v) is 8.77. The summed E-state index contributed by atoms with van der Waals surface area (Å²) in [5.41, 5.74) is 6.80. The Morgan fingerprint density at radius 3 is 2.68 bits per heavy atom. The second-order valence-corrected chi connectivity index (χ2v) is 12.3. The molecule has 50 heavy (non-hydrogen) atoms. The molecule has 5 heterocycles. The van der Waals surface area contributed by atoms with E-state index in [9.17, 15) is 14.0 Å². The van der Waals surface area contributed by atoms with E-state index in [-0.39, 0.29) is 36.0 Å². The van der Waals surface area contributed by atoms with Gasteiger partial charge in [0.15, 0.2) is 11.4 Å². The predicted molar refractivity (Wildman–Crippen MR) is 180 cm³/mol. The standard InChI is InChI=1S/C36H31FN10O3/c1-21-16-22(2)46-34(40-21)27(18-38-46)35(48)41-24-12-10-23(11-13-24)30-20-45(44-43-30)19-25-14-15-33(50-25)36(49)42-29-7-5-9-31-26(29)17-39-47(31)32-8-4-3-6-28(32)37/h3-4,6,8,10-18,20,29H,5,7,9,19H2,1-2H3,(H,41,48)(H,42,49). The molecule has 8 rings (SSSR count). The van der Waals surface area contributed by atoms with Crippen molar-refractivity contribution in [2.24, 2.45) is 0 Å². The van der Waals surface area contributed by atoms with E-state index in [0.717, 1.165) is 47.5 Å². The lowest BCUT2D eigenvalue weighted by atomic mass is 9.92. The third-order valence-electron chi connectivity index (χ3n) is 8.77. The van der Waals surface area contributed by atoms with Gasteiger partial charge in [0, 0.05) is 33.9 Å². The number of carbonyl (C=O) groups excluding carboxylic acids is 2. The molecule has 0 saturated carbocycles. The number of halogens is 1. The van der Waals surface area contributed by atoms with Crippen molar-refractivity contribution in [2.45, 2.75) is 45.7 Å². The van der Waals surface area contributed by atoms with Crippen LogP contribution in [0.1, 0.15) is 68.2 Å². The van der Waals surface area contributed by atoms with Gasteiger partial charge in [-0.15, -0.1) is 5.10 Å². The Balaban J connectivity index is 0.898. The fourth-order valence-corrected chi connectivity index (χ4v) is 6.37. The lowest BCUT2D eigenvalue weighted by molar-refractivity contribution is 0.0902. The highest BCUT2D eigenvalue weighted by Crippen LogP contribution is 2.32. The molecular formula is C36H31FN10O3. The van der Waals surface area contributed by atoms with Gasteiger partial charge < -0.3 is 15.1 Å². The van der Waals surface area contributed by atoms with Gasteiger partial charge in [-0.05, 0) is 75.6 Å². The lowest BCUT2D eigenvalue weighted by Crippen LogP contribution is -2.30. The number of hydrogen-bond acceptors (Lipinski definition) is 8. The van der Waals surface area contributed by atoms with Crippen LogP contribution < -0.4 is 10.6 Å². The molecule has 0 radical (unpaired) electrons. The maximum absolute atomic E-state index is 14.5. The number of benzene rings is 2. The van der Waals surface area contributed by atoms with Crippen LogP contribution in [0.15, 0.2) is 89.7 Å². The van der Waals surface area contributed by atoms with Crippen LogP contribution >= 0.6 is 0 Å². The van der Waals surface area contributed by atoms with Crippen LogP contribution in [-0.4, -0.2) is 51.2 Å². The monoisotopic (exact) mass is 670 g/mol. The molecule has 1 aliphatic carbocycles. The fraction of sp³-hybridized carbons (Fsp3) is 0.194. The van der Waals surface area contributed by atoms with Gasteiger partial charge in [-0.3, -0.25) is 9.59 Å². The van der Waals surface area contributed by atoms with Crippen LogP contribution in [0.4, 0.5) is 10.1 Å². The van der Waals surface area contributed by atoms with Crippen LogP contribution in [0, 0.1) is 19.7 Å². The van der Waals surface area contributed by atoms with Crippen molar-refractivity contribution in [2.75, 3.05) is 5.32 Å². The normalized spacial score (nSPS) is 14.1. The molecule has 1 aliphatic rings. The van der Waals surface area contributed by atoms with Crippen molar-refractivity contribution >= 4 is 23.1 Å². The van der Waals surface area contributed by atoms with Gasteiger partial charge in [0.05, 0.1) is 24.6 Å². The number of fused-ring (bicyclic) bond motifs is 2. The number of hydrogen-bond donors (Lipinski definition) is 2. The van der Waals surface area contributed by atoms with Crippen molar-refractivity contribution in [3.05, 3.63) is 131 Å². The summed E-state index contributed by atoms with van der Waals surface area (Å²) in [4.78, 5) is 30.7. The van der Waals surface area contributed by atoms with Crippen molar-refractivity contribution in [1.29, 1.82) is 0 Å². The molecule has 1 unspecified atom stereocenters. The number of furan rings is 1. The van der Waals surface area contributed by atoms with E-state index in [0.29, 0.717) is 34.0 Å². The molecule has 7 aromatic rings. The molecule has 13 nitrogen and oxygen atoms in total. The summed E-state index contributed by atoms with van der Waals surface area (Å²) in [5.74, 6) is -0.287. The minimum atomic E-state index is -0.352. The minimum absolute atomic E-state index is 0.178. The molecule has 14 heteroatoms. The number of carbonyl (C=O) groups is 2. The minimum Gasteiger partial charge on any atom is -0.454 e. The largest absolute Gasteiger partial charge is 0.454 e. The maximum atomic E-state index is 14.5. The predicted octanol–water partition coefficient (Wildman–Crippen LogP) is 5.63.